The lowest BCUT2D eigenvalue weighted by atomic mass is 9.98. The Balaban J connectivity index is 2.25. The van der Waals surface area contributed by atoms with E-state index >= 15 is 0 Å². The van der Waals surface area contributed by atoms with E-state index in [1.807, 2.05) is 51.1 Å². The van der Waals surface area contributed by atoms with Gasteiger partial charge in [-0.05, 0) is 26.3 Å². The summed E-state index contributed by atoms with van der Waals surface area (Å²) >= 11 is 0. The molecular formula is C16H19NO2. The van der Waals surface area contributed by atoms with Crippen LogP contribution < -0.4 is 5.32 Å². The van der Waals surface area contributed by atoms with Gasteiger partial charge in [0.1, 0.15) is 0 Å². The summed E-state index contributed by atoms with van der Waals surface area (Å²) in [6, 6.07) is 9.75. The zero-order valence-corrected chi connectivity index (χ0v) is 11.6. The van der Waals surface area contributed by atoms with Crippen molar-refractivity contribution in [2.75, 3.05) is 0 Å². The van der Waals surface area contributed by atoms with Gasteiger partial charge in [0.25, 0.3) is 0 Å². The molecule has 0 aliphatic carbocycles. The Kier molecular flexibility index (Phi) is 3.47. The third-order valence-corrected chi connectivity index (χ3v) is 2.75. The summed E-state index contributed by atoms with van der Waals surface area (Å²) in [4.78, 5) is 11.5. The standard InChI is InChI=1S/C16H19NO2/c1-11(17-16(2,3)4)15-13(10-14(18)19-15)12-8-6-5-7-9-12/h5-10,15,17H,1H2,2-4H3. The maximum absolute atomic E-state index is 11.5. The van der Waals surface area contributed by atoms with E-state index in [-0.39, 0.29) is 11.5 Å². The fourth-order valence-electron chi connectivity index (χ4n) is 2.09. The summed E-state index contributed by atoms with van der Waals surface area (Å²) in [5.41, 5.74) is 2.42. The topological polar surface area (TPSA) is 38.3 Å². The van der Waals surface area contributed by atoms with Crippen molar-refractivity contribution in [3.63, 3.8) is 0 Å². The third-order valence-electron chi connectivity index (χ3n) is 2.75. The molecule has 1 N–H and O–H groups in total. The van der Waals surface area contributed by atoms with Gasteiger partial charge in [-0.15, -0.1) is 0 Å². The molecule has 3 heteroatoms. The lowest BCUT2D eigenvalue weighted by Gasteiger charge is -2.27. The zero-order chi connectivity index (χ0) is 14.0. The molecule has 1 aliphatic rings. The van der Waals surface area contributed by atoms with Gasteiger partial charge in [0.2, 0.25) is 0 Å². The van der Waals surface area contributed by atoms with Gasteiger partial charge in [-0.3, -0.25) is 0 Å². The number of benzene rings is 1. The van der Waals surface area contributed by atoms with E-state index in [1.54, 1.807) is 0 Å². The second-order valence-electron chi connectivity index (χ2n) is 5.68. The highest BCUT2D eigenvalue weighted by Crippen LogP contribution is 2.29. The molecule has 0 spiro atoms. The van der Waals surface area contributed by atoms with Gasteiger partial charge in [0.15, 0.2) is 6.10 Å². The van der Waals surface area contributed by atoms with E-state index < -0.39 is 6.10 Å². The highest BCUT2D eigenvalue weighted by Gasteiger charge is 2.30. The fraction of sp³-hybridized carbons (Fsp3) is 0.312. The smallest absolute Gasteiger partial charge is 0.332 e. The Morgan fingerprint density at radius 2 is 1.89 bits per heavy atom. The average Bonchev–Trinajstić information content (AvgIpc) is 2.70. The first kappa shape index (κ1) is 13.4. The maximum atomic E-state index is 11.5. The van der Waals surface area contributed by atoms with Crippen LogP contribution >= 0.6 is 0 Å². The van der Waals surface area contributed by atoms with Crippen LogP contribution in [0.1, 0.15) is 26.3 Å². The predicted molar refractivity (Wildman–Crippen MR) is 76.3 cm³/mol. The van der Waals surface area contributed by atoms with Gasteiger partial charge in [0.05, 0.1) is 0 Å². The predicted octanol–water partition coefficient (Wildman–Crippen LogP) is 2.90. The quantitative estimate of drug-likeness (QED) is 0.846. The van der Waals surface area contributed by atoms with E-state index in [4.69, 9.17) is 4.74 Å². The van der Waals surface area contributed by atoms with E-state index in [0.29, 0.717) is 5.70 Å². The van der Waals surface area contributed by atoms with E-state index in [0.717, 1.165) is 11.1 Å². The van der Waals surface area contributed by atoms with Crippen LogP contribution in [-0.4, -0.2) is 17.6 Å². The first-order valence-corrected chi connectivity index (χ1v) is 6.31. The molecule has 0 fully saturated rings. The highest BCUT2D eigenvalue weighted by atomic mass is 16.5. The minimum atomic E-state index is -0.422. The molecule has 100 valence electrons. The Bertz CT molecular complexity index is 523. The van der Waals surface area contributed by atoms with Crippen molar-refractivity contribution in [1.29, 1.82) is 0 Å². The van der Waals surface area contributed by atoms with Gasteiger partial charge in [-0.1, -0.05) is 36.9 Å². The van der Waals surface area contributed by atoms with Gasteiger partial charge >= 0.3 is 5.97 Å². The summed E-state index contributed by atoms with van der Waals surface area (Å²) in [6.45, 7) is 10.1. The Labute approximate surface area is 114 Å². The number of esters is 1. The van der Waals surface area contributed by atoms with Crippen LogP contribution in [0.5, 0.6) is 0 Å². The van der Waals surface area contributed by atoms with Crippen molar-refractivity contribution in [3.8, 4) is 0 Å². The second-order valence-corrected chi connectivity index (χ2v) is 5.68. The molecular weight excluding hydrogens is 238 g/mol. The zero-order valence-electron chi connectivity index (χ0n) is 11.6. The average molecular weight is 257 g/mol. The molecule has 1 aromatic rings. The van der Waals surface area contributed by atoms with E-state index in [1.165, 1.54) is 6.08 Å². The molecule has 1 aliphatic heterocycles. The molecule has 0 radical (unpaired) electrons. The van der Waals surface area contributed by atoms with Gasteiger partial charge in [0, 0.05) is 22.9 Å². The third kappa shape index (κ3) is 3.25. The highest BCUT2D eigenvalue weighted by molar-refractivity contribution is 5.98. The minimum absolute atomic E-state index is 0.117. The lowest BCUT2D eigenvalue weighted by Crippen LogP contribution is -2.39. The van der Waals surface area contributed by atoms with Crippen molar-refractivity contribution in [2.24, 2.45) is 0 Å². The molecule has 0 bridgehead atoms. The van der Waals surface area contributed by atoms with E-state index in [2.05, 4.69) is 11.9 Å². The molecule has 0 saturated heterocycles. The number of cyclic esters (lactones) is 1. The van der Waals surface area contributed by atoms with Crippen LogP contribution in [0.2, 0.25) is 0 Å². The number of carbonyl (C=O) groups excluding carboxylic acids is 1. The Hall–Kier alpha value is -2.03. The second kappa shape index (κ2) is 4.92. The summed E-state index contributed by atoms with van der Waals surface area (Å²) in [6.07, 6.45) is 1.12. The van der Waals surface area contributed by atoms with Gasteiger partial charge in [-0.25, -0.2) is 4.79 Å². The van der Waals surface area contributed by atoms with Crippen LogP contribution in [-0.2, 0) is 9.53 Å². The number of carbonyl (C=O) groups is 1. The maximum Gasteiger partial charge on any atom is 0.332 e. The molecule has 1 atom stereocenters. The first-order valence-electron chi connectivity index (χ1n) is 6.31. The van der Waals surface area contributed by atoms with Crippen molar-refractivity contribution in [1.82, 2.24) is 5.32 Å². The molecule has 3 nitrogen and oxygen atoms in total. The van der Waals surface area contributed by atoms with Crippen LogP contribution in [0.25, 0.3) is 5.57 Å². The van der Waals surface area contributed by atoms with Crippen LogP contribution in [0.3, 0.4) is 0 Å². The van der Waals surface area contributed by atoms with Gasteiger partial charge in [-0.2, -0.15) is 0 Å². The van der Waals surface area contributed by atoms with Crippen molar-refractivity contribution in [3.05, 3.63) is 54.2 Å². The molecule has 19 heavy (non-hydrogen) atoms. The normalized spacial score (nSPS) is 18.8. The summed E-state index contributed by atoms with van der Waals surface area (Å²) in [5.74, 6) is -0.319. The van der Waals surface area contributed by atoms with Crippen LogP contribution in [0.4, 0.5) is 0 Å². The summed E-state index contributed by atoms with van der Waals surface area (Å²) in [7, 11) is 0. The van der Waals surface area contributed by atoms with Crippen molar-refractivity contribution < 1.29 is 9.53 Å². The van der Waals surface area contributed by atoms with Crippen LogP contribution in [0, 0.1) is 0 Å². The number of ether oxygens (including phenoxy) is 1. The molecule has 0 saturated carbocycles. The molecule has 2 rings (SSSR count). The summed E-state index contributed by atoms with van der Waals surface area (Å²) in [5, 5.41) is 3.27. The Morgan fingerprint density at radius 3 is 2.47 bits per heavy atom. The summed E-state index contributed by atoms with van der Waals surface area (Å²) < 4.78 is 5.34. The Morgan fingerprint density at radius 1 is 1.26 bits per heavy atom. The number of hydrogen-bond donors (Lipinski definition) is 1. The number of rotatable bonds is 3. The van der Waals surface area contributed by atoms with E-state index in [9.17, 15) is 4.79 Å². The monoisotopic (exact) mass is 257 g/mol. The molecule has 0 aromatic heterocycles. The molecule has 1 aromatic carbocycles. The van der Waals surface area contributed by atoms with Gasteiger partial charge < -0.3 is 10.1 Å². The van der Waals surface area contributed by atoms with Crippen LogP contribution in [0.15, 0.2) is 48.7 Å². The fourth-order valence-corrected chi connectivity index (χ4v) is 2.09. The van der Waals surface area contributed by atoms with Crippen molar-refractivity contribution in [2.45, 2.75) is 32.4 Å². The lowest BCUT2D eigenvalue weighted by molar-refractivity contribution is -0.137. The molecule has 1 heterocycles. The molecule has 1 unspecified atom stereocenters. The number of nitrogens with one attached hydrogen (secondary N) is 1. The molecule has 0 amide bonds. The first-order chi connectivity index (χ1) is 8.87. The van der Waals surface area contributed by atoms with Crippen molar-refractivity contribution >= 4 is 11.5 Å². The minimum Gasteiger partial charge on any atom is -0.448 e. The number of hydrogen-bond acceptors (Lipinski definition) is 3. The SMILES string of the molecule is C=C(NC(C)(C)C)C1OC(=O)C=C1c1ccccc1. The largest absolute Gasteiger partial charge is 0.448 e.